The van der Waals surface area contributed by atoms with Gasteiger partial charge in [-0.25, -0.2) is 4.79 Å². The first kappa shape index (κ1) is 17.3. The molecular weight excluding hydrogens is 312 g/mol. The fourth-order valence-electron chi connectivity index (χ4n) is 3.54. The van der Waals surface area contributed by atoms with Crippen molar-refractivity contribution in [3.05, 3.63) is 59.7 Å². The van der Waals surface area contributed by atoms with Gasteiger partial charge in [0.1, 0.15) is 5.75 Å². The second-order valence-electron chi connectivity index (χ2n) is 6.67. The number of anilines is 1. The van der Waals surface area contributed by atoms with Crippen LogP contribution in [0.5, 0.6) is 5.75 Å². The van der Waals surface area contributed by atoms with Crippen molar-refractivity contribution < 1.29 is 9.53 Å². The number of carbonyl (C=O) groups is 1. The van der Waals surface area contributed by atoms with E-state index in [0.29, 0.717) is 12.6 Å². The van der Waals surface area contributed by atoms with Crippen LogP contribution in [0.3, 0.4) is 0 Å². The molecule has 0 bridgehead atoms. The molecule has 1 N–H and O–H groups in total. The average molecular weight is 338 g/mol. The molecule has 1 aliphatic carbocycles. The highest BCUT2D eigenvalue weighted by Gasteiger charge is 2.27. The van der Waals surface area contributed by atoms with Gasteiger partial charge < -0.3 is 15.0 Å². The SMILES string of the molecule is COc1ccc(CN(C(=O)Nc2ccccc2)C2CCCC2)cc1C. The Morgan fingerprint density at radius 1 is 1.16 bits per heavy atom. The summed E-state index contributed by atoms with van der Waals surface area (Å²) < 4.78 is 5.34. The van der Waals surface area contributed by atoms with Crippen LogP contribution >= 0.6 is 0 Å². The van der Waals surface area contributed by atoms with E-state index in [4.69, 9.17) is 4.74 Å². The van der Waals surface area contributed by atoms with Crippen molar-refractivity contribution in [3.8, 4) is 5.75 Å². The van der Waals surface area contributed by atoms with Crippen LogP contribution in [0.25, 0.3) is 0 Å². The summed E-state index contributed by atoms with van der Waals surface area (Å²) in [5.41, 5.74) is 3.06. The summed E-state index contributed by atoms with van der Waals surface area (Å²) in [5, 5.41) is 3.04. The number of carbonyl (C=O) groups excluding carboxylic acids is 1. The number of hydrogen-bond donors (Lipinski definition) is 1. The van der Waals surface area contributed by atoms with E-state index in [9.17, 15) is 4.79 Å². The number of ether oxygens (including phenoxy) is 1. The van der Waals surface area contributed by atoms with E-state index in [-0.39, 0.29) is 6.03 Å². The van der Waals surface area contributed by atoms with E-state index in [1.807, 2.05) is 54.3 Å². The summed E-state index contributed by atoms with van der Waals surface area (Å²) in [6.07, 6.45) is 4.55. The molecule has 0 saturated heterocycles. The number of rotatable bonds is 5. The summed E-state index contributed by atoms with van der Waals surface area (Å²) in [5.74, 6) is 0.880. The summed E-state index contributed by atoms with van der Waals surface area (Å²) in [4.78, 5) is 14.9. The minimum absolute atomic E-state index is 0.0217. The zero-order valence-corrected chi connectivity index (χ0v) is 15.0. The molecule has 1 fully saturated rings. The molecule has 4 heteroatoms. The van der Waals surface area contributed by atoms with Crippen molar-refractivity contribution in [1.29, 1.82) is 0 Å². The molecule has 0 radical (unpaired) electrons. The molecule has 0 heterocycles. The number of benzene rings is 2. The minimum atomic E-state index is -0.0217. The molecule has 0 atom stereocenters. The van der Waals surface area contributed by atoms with Gasteiger partial charge in [0.05, 0.1) is 7.11 Å². The summed E-state index contributed by atoms with van der Waals surface area (Å²) >= 11 is 0. The highest BCUT2D eigenvalue weighted by molar-refractivity contribution is 5.89. The summed E-state index contributed by atoms with van der Waals surface area (Å²) in [6.45, 7) is 2.65. The van der Waals surface area contributed by atoms with Crippen LogP contribution in [0, 0.1) is 6.92 Å². The molecule has 3 rings (SSSR count). The predicted octanol–water partition coefficient (Wildman–Crippen LogP) is 4.98. The predicted molar refractivity (Wildman–Crippen MR) is 101 cm³/mol. The Kier molecular flexibility index (Phi) is 5.59. The third-order valence-electron chi connectivity index (χ3n) is 4.86. The molecule has 1 aliphatic rings. The fourth-order valence-corrected chi connectivity index (χ4v) is 3.54. The van der Waals surface area contributed by atoms with Gasteiger partial charge in [-0.1, -0.05) is 43.2 Å². The number of hydrogen-bond acceptors (Lipinski definition) is 2. The first-order valence-corrected chi connectivity index (χ1v) is 8.93. The Bertz CT molecular complexity index is 709. The molecule has 2 aromatic rings. The zero-order valence-electron chi connectivity index (χ0n) is 15.0. The second kappa shape index (κ2) is 8.06. The molecule has 0 aliphatic heterocycles. The lowest BCUT2D eigenvalue weighted by Gasteiger charge is -2.29. The largest absolute Gasteiger partial charge is 0.496 e. The van der Waals surface area contributed by atoms with Crippen molar-refractivity contribution in [2.24, 2.45) is 0 Å². The third kappa shape index (κ3) is 4.32. The van der Waals surface area contributed by atoms with Crippen molar-refractivity contribution in [3.63, 3.8) is 0 Å². The van der Waals surface area contributed by atoms with Gasteiger partial charge in [-0.2, -0.15) is 0 Å². The lowest BCUT2D eigenvalue weighted by molar-refractivity contribution is 0.184. The normalized spacial score (nSPS) is 14.3. The standard InChI is InChI=1S/C21H26N2O2/c1-16-14-17(12-13-20(16)25-2)15-23(19-10-6-7-11-19)21(24)22-18-8-4-3-5-9-18/h3-5,8-9,12-14,19H,6-7,10-11,15H2,1-2H3,(H,22,24). The highest BCUT2D eigenvalue weighted by atomic mass is 16.5. The van der Waals surface area contributed by atoms with Crippen molar-refractivity contribution in [1.82, 2.24) is 4.90 Å². The molecule has 1 saturated carbocycles. The average Bonchev–Trinajstić information content (AvgIpc) is 3.15. The second-order valence-corrected chi connectivity index (χ2v) is 6.67. The van der Waals surface area contributed by atoms with Gasteiger partial charge in [0.25, 0.3) is 0 Å². The van der Waals surface area contributed by atoms with Gasteiger partial charge in [0.2, 0.25) is 0 Å². The molecule has 0 unspecified atom stereocenters. The molecule has 4 nitrogen and oxygen atoms in total. The Morgan fingerprint density at radius 2 is 1.88 bits per heavy atom. The van der Waals surface area contributed by atoms with Gasteiger partial charge in [-0.05, 0) is 49.1 Å². The number of amides is 2. The van der Waals surface area contributed by atoms with Crippen LogP contribution in [0.4, 0.5) is 10.5 Å². The van der Waals surface area contributed by atoms with Gasteiger partial charge in [-0.15, -0.1) is 0 Å². The van der Waals surface area contributed by atoms with Crippen LogP contribution in [0.1, 0.15) is 36.8 Å². The Balaban J connectivity index is 1.77. The Morgan fingerprint density at radius 3 is 2.52 bits per heavy atom. The minimum Gasteiger partial charge on any atom is -0.496 e. The molecule has 2 amide bonds. The van der Waals surface area contributed by atoms with Crippen LogP contribution in [0.15, 0.2) is 48.5 Å². The molecule has 0 spiro atoms. The maximum atomic E-state index is 12.9. The number of nitrogens with one attached hydrogen (secondary N) is 1. The van der Waals surface area contributed by atoms with Gasteiger partial charge in [-0.3, -0.25) is 0 Å². The Labute approximate surface area is 149 Å². The van der Waals surface area contributed by atoms with E-state index in [1.54, 1.807) is 7.11 Å². The fraction of sp³-hybridized carbons (Fsp3) is 0.381. The molecule has 2 aromatic carbocycles. The van der Waals surface area contributed by atoms with Crippen LogP contribution in [-0.2, 0) is 6.54 Å². The maximum absolute atomic E-state index is 12.9. The molecule has 25 heavy (non-hydrogen) atoms. The topological polar surface area (TPSA) is 41.6 Å². The van der Waals surface area contributed by atoms with Gasteiger partial charge >= 0.3 is 6.03 Å². The smallest absolute Gasteiger partial charge is 0.322 e. The van der Waals surface area contributed by atoms with Crippen molar-refractivity contribution >= 4 is 11.7 Å². The molecule has 132 valence electrons. The van der Waals surface area contributed by atoms with Crippen molar-refractivity contribution in [2.75, 3.05) is 12.4 Å². The summed E-state index contributed by atoms with van der Waals surface area (Å²) in [7, 11) is 1.68. The monoisotopic (exact) mass is 338 g/mol. The quantitative estimate of drug-likeness (QED) is 0.835. The first-order valence-electron chi connectivity index (χ1n) is 8.93. The van der Waals surface area contributed by atoms with Crippen molar-refractivity contribution in [2.45, 2.75) is 45.2 Å². The van der Waals surface area contributed by atoms with Gasteiger partial charge in [0.15, 0.2) is 0 Å². The van der Waals surface area contributed by atoms with Gasteiger partial charge in [0, 0.05) is 18.3 Å². The first-order chi connectivity index (χ1) is 12.2. The number of nitrogens with zero attached hydrogens (tertiary/aromatic N) is 1. The molecule has 0 aromatic heterocycles. The third-order valence-corrected chi connectivity index (χ3v) is 4.86. The maximum Gasteiger partial charge on any atom is 0.322 e. The van der Waals surface area contributed by atoms with Crippen LogP contribution in [-0.4, -0.2) is 24.1 Å². The lowest BCUT2D eigenvalue weighted by Crippen LogP contribution is -2.41. The van der Waals surface area contributed by atoms with E-state index >= 15 is 0 Å². The Hall–Kier alpha value is -2.49. The number of urea groups is 1. The molecular formula is C21H26N2O2. The van der Waals surface area contributed by atoms with E-state index < -0.39 is 0 Å². The van der Waals surface area contributed by atoms with Crippen LogP contribution in [0.2, 0.25) is 0 Å². The highest BCUT2D eigenvalue weighted by Crippen LogP contribution is 2.27. The van der Waals surface area contributed by atoms with E-state index in [2.05, 4.69) is 11.4 Å². The van der Waals surface area contributed by atoms with E-state index in [0.717, 1.165) is 35.4 Å². The lowest BCUT2D eigenvalue weighted by atomic mass is 10.1. The zero-order chi connectivity index (χ0) is 17.6. The summed E-state index contributed by atoms with van der Waals surface area (Å²) in [6, 6.07) is 16.1. The number of para-hydroxylation sites is 1. The van der Waals surface area contributed by atoms with Crippen LogP contribution < -0.4 is 10.1 Å². The van der Waals surface area contributed by atoms with E-state index in [1.165, 1.54) is 12.8 Å². The number of methoxy groups -OCH3 is 1. The number of aryl methyl sites for hydroxylation is 1.